The number of amides is 1. The van der Waals surface area contributed by atoms with E-state index in [2.05, 4.69) is 27.9 Å². The normalized spacial score (nSPS) is 24.8. The van der Waals surface area contributed by atoms with E-state index in [-0.39, 0.29) is 11.9 Å². The van der Waals surface area contributed by atoms with Gasteiger partial charge in [-0.1, -0.05) is 30.3 Å². The molecule has 2 bridgehead atoms. The van der Waals surface area contributed by atoms with Crippen molar-refractivity contribution in [3.8, 4) is 6.07 Å². The number of fused-ring (bicyclic) bond motifs is 3. The Bertz CT molecular complexity index is 871. The van der Waals surface area contributed by atoms with Gasteiger partial charge < -0.3 is 9.88 Å². The molecule has 0 spiro atoms. The van der Waals surface area contributed by atoms with Crippen molar-refractivity contribution in [1.82, 2.24) is 14.9 Å². The van der Waals surface area contributed by atoms with Crippen molar-refractivity contribution in [3.63, 3.8) is 0 Å². The number of benzene rings is 1. The third-order valence-corrected chi connectivity index (χ3v) is 7.20. The van der Waals surface area contributed by atoms with Crippen molar-refractivity contribution in [2.45, 2.75) is 56.8 Å². The number of imidazole rings is 1. The van der Waals surface area contributed by atoms with Crippen molar-refractivity contribution in [3.05, 3.63) is 24.3 Å². The number of carbonyl (C=O) groups is 1. The maximum Gasteiger partial charge on any atom is 0.230 e. The van der Waals surface area contributed by atoms with Crippen LogP contribution in [0.4, 0.5) is 0 Å². The summed E-state index contributed by atoms with van der Waals surface area (Å²) in [6.45, 7) is 2.76. The maximum atomic E-state index is 12.5. The van der Waals surface area contributed by atoms with Gasteiger partial charge >= 0.3 is 0 Å². The second-order valence-corrected chi connectivity index (χ2v) is 8.87. The first-order valence-electron chi connectivity index (χ1n) is 9.90. The molecular formula is C21H26N4OS. The number of para-hydroxylation sites is 2. The van der Waals surface area contributed by atoms with E-state index >= 15 is 0 Å². The molecular weight excluding hydrogens is 356 g/mol. The quantitative estimate of drug-likeness (QED) is 0.735. The summed E-state index contributed by atoms with van der Waals surface area (Å²) in [7, 11) is 0. The largest absolute Gasteiger partial charge is 0.353 e. The number of nitriles is 1. The summed E-state index contributed by atoms with van der Waals surface area (Å²) in [5.74, 6) is 2.80. The van der Waals surface area contributed by atoms with Crippen LogP contribution in [0.2, 0.25) is 0 Å². The first kappa shape index (κ1) is 18.4. The molecule has 4 rings (SSSR count). The molecule has 4 atom stereocenters. The summed E-state index contributed by atoms with van der Waals surface area (Å²) in [6, 6.07) is 10.4. The highest BCUT2D eigenvalue weighted by atomic mass is 32.2. The molecule has 0 saturated heterocycles. The number of carbonyl (C=O) groups excluding carboxylic acids is 1. The molecule has 1 aromatic carbocycles. The van der Waals surface area contributed by atoms with Crippen LogP contribution in [-0.4, -0.2) is 27.3 Å². The minimum Gasteiger partial charge on any atom is -0.353 e. The Balaban J connectivity index is 1.38. The lowest BCUT2D eigenvalue weighted by Crippen LogP contribution is -2.40. The van der Waals surface area contributed by atoms with Gasteiger partial charge in [-0.2, -0.15) is 5.26 Å². The summed E-state index contributed by atoms with van der Waals surface area (Å²) in [6.07, 6.45) is 5.80. The molecule has 2 fully saturated rings. The van der Waals surface area contributed by atoms with Crippen LogP contribution in [0.1, 0.15) is 39.0 Å². The number of nitrogens with one attached hydrogen (secondary N) is 1. The van der Waals surface area contributed by atoms with Crippen LogP contribution in [0.3, 0.4) is 0 Å². The first-order chi connectivity index (χ1) is 13.2. The fraction of sp³-hybridized carbons (Fsp3) is 0.571. The minimum atomic E-state index is 0.0779. The monoisotopic (exact) mass is 382 g/mol. The molecule has 0 unspecified atom stereocenters. The number of nitrogens with zero attached hydrogens (tertiary/aromatic N) is 3. The van der Waals surface area contributed by atoms with Gasteiger partial charge in [0.15, 0.2) is 5.16 Å². The Morgan fingerprint density at radius 3 is 3.00 bits per heavy atom. The molecule has 1 N–H and O–H groups in total. The third-order valence-electron chi connectivity index (χ3n) is 6.22. The third kappa shape index (κ3) is 3.84. The molecule has 2 aromatic rings. The zero-order valence-electron chi connectivity index (χ0n) is 15.7. The number of aryl methyl sites for hydroxylation is 1. The lowest BCUT2D eigenvalue weighted by molar-refractivity contribution is -0.119. The van der Waals surface area contributed by atoms with E-state index in [9.17, 15) is 4.79 Å². The van der Waals surface area contributed by atoms with E-state index < -0.39 is 0 Å². The topological polar surface area (TPSA) is 70.7 Å². The molecule has 5 nitrogen and oxygen atoms in total. The van der Waals surface area contributed by atoms with Gasteiger partial charge in [0, 0.05) is 12.6 Å². The lowest BCUT2D eigenvalue weighted by atomic mass is 9.84. The molecule has 0 aliphatic heterocycles. The number of rotatable bonds is 7. The second-order valence-electron chi connectivity index (χ2n) is 7.93. The molecule has 1 aromatic heterocycles. The van der Waals surface area contributed by atoms with Gasteiger partial charge in [-0.15, -0.1) is 0 Å². The Labute approximate surface area is 164 Å². The standard InChI is InChI=1S/C21H26N4OS/c1-14(17-12-15-7-8-16(17)11-15)23-20(26)13-27-21-24-18-5-2-3-6-19(18)25(21)10-4-9-22/h2-3,5-6,14-17H,4,7-8,10-13H2,1H3,(H,23,26)/t14-,15+,16+,17+/m1/s1. The average molecular weight is 383 g/mol. The highest BCUT2D eigenvalue weighted by Gasteiger charge is 2.42. The Morgan fingerprint density at radius 1 is 1.41 bits per heavy atom. The molecule has 1 amide bonds. The molecule has 2 aliphatic rings. The average Bonchev–Trinajstić information content (AvgIpc) is 3.38. The van der Waals surface area contributed by atoms with Crippen molar-refractivity contribution in [1.29, 1.82) is 5.26 Å². The van der Waals surface area contributed by atoms with E-state index in [0.717, 1.165) is 28.0 Å². The number of hydrogen-bond donors (Lipinski definition) is 1. The van der Waals surface area contributed by atoms with E-state index in [1.165, 1.54) is 37.4 Å². The van der Waals surface area contributed by atoms with Crippen LogP contribution < -0.4 is 5.32 Å². The Kier molecular flexibility index (Phi) is 5.40. The predicted octanol–water partition coefficient (Wildman–Crippen LogP) is 3.98. The van der Waals surface area contributed by atoms with Crippen LogP contribution in [0.5, 0.6) is 0 Å². The van der Waals surface area contributed by atoms with E-state index in [0.29, 0.717) is 24.6 Å². The minimum absolute atomic E-state index is 0.0779. The van der Waals surface area contributed by atoms with Crippen LogP contribution in [0.15, 0.2) is 29.4 Å². The zero-order chi connectivity index (χ0) is 18.8. The van der Waals surface area contributed by atoms with E-state index in [4.69, 9.17) is 5.26 Å². The van der Waals surface area contributed by atoms with Gasteiger partial charge in [-0.05, 0) is 56.1 Å². The summed E-state index contributed by atoms with van der Waals surface area (Å²) in [4.78, 5) is 17.2. The van der Waals surface area contributed by atoms with E-state index in [1.807, 2.05) is 24.3 Å². The molecule has 27 heavy (non-hydrogen) atoms. The molecule has 6 heteroatoms. The van der Waals surface area contributed by atoms with Gasteiger partial charge in [0.2, 0.25) is 5.91 Å². The van der Waals surface area contributed by atoms with Gasteiger partial charge in [0.1, 0.15) is 0 Å². The summed E-state index contributed by atoms with van der Waals surface area (Å²) >= 11 is 1.46. The molecule has 0 radical (unpaired) electrons. The highest BCUT2D eigenvalue weighted by Crippen LogP contribution is 2.49. The van der Waals surface area contributed by atoms with Crippen LogP contribution in [0, 0.1) is 29.1 Å². The Morgan fingerprint density at radius 2 is 2.26 bits per heavy atom. The van der Waals surface area contributed by atoms with E-state index in [1.54, 1.807) is 0 Å². The molecule has 2 aliphatic carbocycles. The predicted molar refractivity (Wildman–Crippen MR) is 107 cm³/mol. The maximum absolute atomic E-state index is 12.5. The van der Waals surface area contributed by atoms with Crippen molar-refractivity contribution in [2.75, 3.05) is 5.75 Å². The number of thioether (sulfide) groups is 1. The fourth-order valence-corrected chi connectivity index (χ4v) is 5.83. The van der Waals surface area contributed by atoms with Gasteiger partial charge in [0.25, 0.3) is 0 Å². The summed E-state index contributed by atoms with van der Waals surface area (Å²) in [5.41, 5.74) is 1.93. The summed E-state index contributed by atoms with van der Waals surface area (Å²) in [5, 5.41) is 13.0. The molecule has 142 valence electrons. The SMILES string of the molecule is C[C@@H](NC(=O)CSc1nc2ccccc2n1CCC#N)[C@@H]1C[C@H]2CC[C@H]1C2. The molecule has 2 saturated carbocycles. The highest BCUT2D eigenvalue weighted by molar-refractivity contribution is 7.99. The Hall–Kier alpha value is -2.00. The van der Waals surface area contributed by atoms with Gasteiger partial charge in [0.05, 0.1) is 29.3 Å². The van der Waals surface area contributed by atoms with Crippen LogP contribution in [0.25, 0.3) is 11.0 Å². The zero-order valence-corrected chi connectivity index (χ0v) is 16.5. The van der Waals surface area contributed by atoms with Crippen molar-refractivity contribution >= 4 is 28.7 Å². The number of aromatic nitrogens is 2. The van der Waals surface area contributed by atoms with Gasteiger partial charge in [-0.3, -0.25) is 4.79 Å². The van der Waals surface area contributed by atoms with Crippen molar-refractivity contribution < 1.29 is 4.79 Å². The lowest BCUT2D eigenvalue weighted by Gasteiger charge is -2.28. The van der Waals surface area contributed by atoms with Crippen LogP contribution >= 0.6 is 11.8 Å². The second kappa shape index (κ2) is 7.93. The summed E-state index contributed by atoms with van der Waals surface area (Å²) < 4.78 is 2.05. The van der Waals surface area contributed by atoms with Gasteiger partial charge in [-0.25, -0.2) is 4.98 Å². The smallest absolute Gasteiger partial charge is 0.230 e. The first-order valence-corrected chi connectivity index (χ1v) is 10.9. The number of hydrogen-bond acceptors (Lipinski definition) is 4. The van der Waals surface area contributed by atoms with Crippen molar-refractivity contribution in [2.24, 2.45) is 17.8 Å². The molecule has 1 heterocycles. The fourth-order valence-electron chi connectivity index (χ4n) is 4.98. The van der Waals surface area contributed by atoms with Crippen LogP contribution in [-0.2, 0) is 11.3 Å².